The first-order valence-corrected chi connectivity index (χ1v) is 15.9. The Morgan fingerprint density at radius 2 is 1.74 bits per heavy atom. The van der Waals surface area contributed by atoms with Crippen molar-refractivity contribution in [3.63, 3.8) is 0 Å². The average molecular weight is 489 g/mol. The summed E-state index contributed by atoms with van der Waals surface area (Å²) >= 11 is 0. The van der Waals surface area contributed by atoms with E-state index >= 15 is 0 Å². The van der Waals surface area contributed by atoms with Crippen LogP contribution in [-0.2, 0) is 25.4 Å². The highest BCUT2D eigenvalue weighted by molar-refractivity contribution is 6.74. The minimum atomic E-state index is -2.10. The Bertz CT molecular complexity index is 846. The van der Waals surface area contributed by atoms with E-state index < -0.39 is 25.9 Å². The van der Waals surface area contributed by atoms with Crippen LogP contribution in [0.15, 0.2) is 30.3 Å². The molecule has 0 amide bonds. The third-order valence-corrected chi connectivity index (χ3v) is 13.0. The minimum Gasteiger partial charge on any atom is -0.413 e. The van der Waals surface area contributed by atoms with Gasteiger partial charge in [0.1, 0.15) is 17.2 Å². The molecule has 5 nitrogen and oxygen atoms in total. The lowest BCUT2D eigenvalue weighted by molar-refractivity contribution is -0.152. The first-order chi connectivity index (χ1) is 15.8. The van der Waals surface area contributed by atoms with Gasteiger partial charge in [-0.25, -0.2) is 0 Å². The van der Waals surface area contributed by atoms with E-state index in [1.807, 2.05) is 37.3 Å². The highest BCUT2D eigenvalue weighted by Crippen LogP contribution is 2.45. The summed E-state index contributed by atoms with van der Waals surface area (Å²) in [6, 6.07) is 9.87. The fourth-order valence-electron chi connectivity index (χ4n) is 5.20. The highest BCUT2D eigenvalue weighted by atomic mass is 28.4. The number of benzene rings is 1. The largest absolute Gasteiger partial charge is 0.413 e. The van der Waals surface area contributed by atoms with Crippen molar-refractivity contribution in [2.45, 2.75) is 115 Å². The second kappa shape index (κ2) is 10.7. The molecule has 0 heterocycles. The molecule has 0 spiro atoms. The molecule has 1 aromatic rings. The highest BCUT2D eigenvalue weighted by Gasteiger charge is 2.54. The normalized spacial score (nSPS) is 31.7. The summed E-state index contributed by atoms with van der Waals surface area (Å²) in [6.45, 7) is 13.4. The minimum absolute atomic E-state index is 0.0300. The predicted molar refractivity (Wildman–Crippen MR) is 137 cm³/mol. The van der Waals surface area contributed by atoms with Crippen LogP contribution in [0.2, 0.25) is 18.1 Å². The van der Waals surface area contributed by atoms with Crippen LogP contribution in [-0.4, -0.2) is 42.8 Å². The number of ether oxygens (including phenoxy) is 1. The van der Waals surface area contributed by atoms with E-state index in [9.17, 15) is 14.7 Å². The van der Waals surface area contributed by atoms with E-state index in [4.69, 9.17) is 9.16 Å². The van der Waals surface area contributed by atoms with E-state index in [0.717, 1.165) is 5.56 Å². The summed E-state index contributed by atoms with van der Waals surface area (Å²) in [5.41, 5.74) is -0.286. The number of carbonyl (C=O) groups is 2. The average Bonchev–Trinajstić information content (AvgIpc) is 3.09. The molecule has 0 aromatic heterocycles. The predicted octanol–water partition coefficient (Wildman–Crippen LogP) is 5.84. The molecule has 3 rings (SSSR count). The van der Waals surface area contributed by atoms with E-state index in [2.05, 4.69) is 33.9 Å². The van der Waals surface area contributed by atoms with Crippen molar-refractivity contribution in [2.24, 2.45) is 11.8 Å². The fraction of sp³-hybridized carbons (Fsp3) is 0.714. The maximum Gasteiger partial charge on any atom is 0.192 e. The molecule has 2 aliphatic carbocycles. The van der Waals surface area contributed by atoms with Crippen molar-refractivity contribution >= 4 is 19.9 Å². The molecule has 5 atom stereocenters. The van der Waals surface area contributed by atoms with Gasteiger partial charge in [-0.2, -0.15) is 0 Å². The molecule has 0 radical (unpaired) electrons. The molecule has 0 aliphatic heterocycles. The number of hydrogen-bond donors (Lipinski definition) is 1. The first kappa shape index (κ1) is 27.2. The smallest absolute Gasteiger partial charge is 0.192 e. The van der Waals surface area contributed by atoms with E-state index in [1.165, 1.54) is 0 Å². The molecule has 34 heavy (non-hydrogen) atoms. The van der Waals surface area contributed by atoms with Gasteiger partial charge in [0.05, 0.1) is 18.8 Å². The second-order valence-corrected chi connectivity index (χ2v) is 16.7. The third kappa shape index (κ3) is 6.07. The van der Waals surface area contributed by atoms with Gasteiger partial charge in [0.25, 0.3) is 0 Å². The monoisotopic (exact) mass is 488 g/mol. The van der Waals surface area contributed by atoms with Crippen molar-refractivity contribution < 1.29 is 23.9 Å². The van der Waals surface area contributed by atoms with Crippen molar-refractivity contribution in [1.29, 1.82) is 0 Å². The van der Waals surface area contributed by atoms with E-state index in [1.54, 1.807) is 0 Å². The quantitative estimate of drug-likeness (QED) is 0.527. The molecule has 2 aliphatic rings. The third-order valence-electron chi connectivity index (χ3n) is 8.52. The number of fused-ring (bicyclic) bond motifs is 1. The summed E-state index contributed by atoms with van der Waals surface area (Å²) in [6.07, 6.45) is 2.96. The lowest BCUT2D eigenvalue weighted by atomic mass is 9.77. The van der Waals surface area contributed by atoms with Crippen molar-refractivity contribution in [1.82, 2.24) is 0 Å². The summed E-state index contributed by atoms with van der Waals surface area (Å²) in [5, 5.41) is 11.9. The standard InChI is InChI=1S/C28H44O5Si/c1-20-24(33-34(5,6)27(2,3)4)14-10-13-22(29)17-18-28(31)23(26(20)30)15-16-25(28)32-19-21-11-8-7-9-12-21/h7-9,11-12,20,23-25,31H,10,13-19H2,1-6H3/t20-,23-,24+,25-,28-/m1/s1. The van der Waals surface area contributed by atoms with Gasteiger partial charge in [0, 0.05) is 24.7 Å². The van der Waals surface area contributed by atoms with Gasteiger partial charge in [-0.3, -0.25) is 9.59 Å². The lowest BCUT2D eigenvalue weighted by Gasteiger charge is -2.42. The van der Waals surface area contributed by atoms with Crippen LogP contribution >= 0.6 is 0 Å². The Balaban J connectivity index is 1.84. The van der Waals surface area contributed by atoms with Crippen LogP contribution in [0.4, 0.5) is 0 Å². The van der Waals surface area contributed by atoms with Crippen molar-refractivity contribution in [2.75, 3.05) is 0 Å². The van der Waals surface area contributed by atoms with Crippen LogP contribution in [0.3, 0.4) is 0 Å². The van der Waals surface area contributed by atoms with Gasteiger partial charge in [-0.05, 0) is 55.8 Å². The molecule has 2 fully saturated rings. The van der Waals surface area contributed by atoms with E-state index in [0.29, 0.717) is 38.7 Å². The summed E-state index contributed by atoms with van der Waals surface area (Å²) < 4.78 is 12.9. The molecule has 6 heteroatoms. The zero-order valence-corrected chi connectivity index (χ0v) is 22.9. The van der Waals surface area contributed by atoms with Crippen LogP contribution in [0.5, 0.6) is 0 Å². The first-order valence-electron chi connectivity index (χ1n) is 13.0. The molecule has 0 bridgehead atoms. The van der Waals surface area contributed by atoms with E-state index in [-0.39, 0.29) is 41.5 Å². The number of aliphatic hydroxyl groups is 1. The molecule has 1 aromatic carbocycles. The van der Waals surface area contributed by atoms with Crippen LogP contribution in [0.25, 0.3) is 0 Å². The molecule has 1 N–H and O–H groups in total. The zero-order chi connectivity index (χ0) is 25.1. The number of carbonyl (C=O) groups excluding carboxylic acids is 2. The van der Waals surface area contributed by atoms with Gasteiger partial charge in [-0.15, -0.1) is 0 Å². The Morgan fingerprint density at radius 1 is 1.06 bits per heavy atom. The van der Waals surface area contributed by atoms with Crippen LogP contribution in [0.1, 0.15) is 78.2 Å². The summed E-state index contributed by atoms with van der Waals surface area (Å²) in [5.74, 6) is -0.647. The van der Waals surface area contributed by atoms with Crippen molar-refractivity contribution in [3.8, 4) is 0 Å². The number of Topliss-reactive ketones (excluding diaryl/α,β-unsaturated/α-hetero) is 2. The molecule has 190 valence electrons. The molecule has 0 unspecified atom stereocenters. The fourth-order valence-corrected chi connectivity index (χ4v) is 6.63. The van der Waals surface area contributed by atoms with Crippen LogP contribution < -0.4 is 0 Å². The zero-order valence-electron chi connectivity index (χ0n) is 21.9. The summed E-state index contributed by atoms with van der Waals surface area (Å²) in [4.78, 5) is 26.5. The van der Waals surface area contributed by atoms with Gasteiger partial charge in [-0.1, -0.05) is 58.0 Å². The van der Waals surface area contributed by atoms with Crippen molar-refractivity contribution in [3.05, 3.63) is 35.9 Å². The lowest BCUT2D eigenvalue weighted by Crippen LogP contribution is -2.51. The molecular formula is C28H44O5Si. The Morgan fingerprint density at radius 3 is 2.38 bits per heavy atom. The Hall–Kier alpha value is -1.34. The SMILES string of the molecule is C[C@H]1C(=O)[C@H]2CC[C@@H](OCc3ccccc3)[C@@]2(O)CCC(=O)CCC[C@@H]1O[Si](C)(C)C(C)(C)C. The molecule has 0 saturated heterocycles. The Labute approximate surface area is 206 Å². The number of hydrogen-bond acceptors (Lipinski definition) is 5. The number of rotatable bonds is 5. The molecule has 2 saturated carbocycles. The second-order valence-electron chi connectivity index (χ2n) is 11.9. The van der Waals surface area contributed by atoms with Gasteiger partial charge >= 0.3 is 0 Å². The van der Waals surface area contributed by atoms with Gasteiger partial charge in [0.15, 0.2) is 8.32 Å². The maximum atomic E-state index is 13.8. The topological polar surface area (TPSA) is 72.8 Å². The summed E-state index contributed by atoms with van der Waals surface area (Å²) in [7, 11) is -2.10. The van der Waals surface area contributed by atoms with Gasteiger partial charge < -0.3 is 14.3 Å². The van der Waals surface area contributed by atoms with Crippen LogP contribution in [0, 0.1) is 11.8 Å². The molecular weight excluding hydrogens is 444 g/mol. The van der Waals surface area contributed by atoms with Gasteiger partial charge in [0.2, 0.25) is 0 Å². The Kier molecular flexibility index (Phi) is 8.60. The maximum absolute atomic E-state index is 13.8. The number of ketones is 2.